The van der Waals surface area contributed by atoms with E-state index >= 15 is 0 Å². The zero-order chi connectivity index (χ0) is 15.9. The largest absolute Gasteiger partial charge is 0.450 e. The van der Waals surface area contributed by atoms with Crippen LogP contribution in [0.25, 0.3) is 0 Å². The van der Waals surface area contributed by atoms with Crippen LogP contribution in [-0.4, -0.2) is 32.5 Å². The highest BCUT2D eigenvalue weighted by Gasteiger charge is 2.17. The van der Waals surface area contributed by atoms with Gasteiger partial charge in [0.15, 0.2) is 0 Å². The molecule has 0 fully saturated rings. The van der Waals surface area contributed by atoms with Gasteiger partial charge in [-0.3, -0.25) is 0 Å². The lowest BCUT2D eigenvalue weighted by atomic mass is 10.0. The molecule has 0 aliphatic rings. The number of alkyl carbamates (subject to hydrolysis) is 1. The predicted molar refractivity (Wildman–Crippen MR) is 88.5 cm³/mol. The van der Waals surface area contributed by atoms with Crippen molar-refractivity contribution < 1.29 is 14.6 Å². The molecule has 118 valence electrons. The van der Waals surface area contributed by atoms with Crippen LogP contribution in [0, 0.1) is 0 Å². The summed E-state index contributed by atoms with van der Waals surface area (Å²) in [6.07, 6.45) is -0.00765. The minimum absolute atomic E-state index is 0.0114. The van der Waals surface area contributed by atoms with E-state index in [1.54, 1.807) is 12.1 Å². The van der Waals surface area contributed by atoms with Crippen molar-refractivity contribution in [2.75, 3.05) is 13.2 Å². The number of aliphatic hydroxyl groups excluding tert-OH is 1. The Labute approximate surface area is 132 Å². The van der Waals surface area contributed by atoms with Gasteiger partial charge in [-0.25, -0.2) is 4.79 Å². The maximum atomic E-state index is 11.8. The Morgan fingerprint density at radius 2 is 1.95 bits per heavy atom. The Morgan fingerprint density at radius 3 is 2.48 bits per heavy atom. The van der Waals surface area contributed by atoms with Gasteiger partial charge in [0, 0.05) is 19.7 Å². The summed E-state index contributed by atoms with van der Waals surface area (Å²) in [4.78, 5) is 11.8. The lowest BCUT2D eigenvalue weighted by Crippen LogP contribution is -2.31. The van der Waals surface area contributed by atoms with Crippen LogP contribution >= 0.6 is 11.6 Å². The molecule has 0 radical (unpaired) electrons. The van der Waals surface area contributed by atoms with Gasteiger partial charge in [0.05, 0.1) is 12.6 Å². The monoisotopic (exact) mass is 329 g/mol. The molecule has 0 unspecified atom stereocenters. The Bertz CT molecular complexity index is 445. The van der Waals surface area contributed by atoms with Crippen LogP contribution in [-0.2, 0) is 4.74 Å². The summed E-state index contributed by atoms with van der Waals surface area (Å²) in [5, 5.41) is 12.6. The molecule has 6 heteroatoms. The molecule has 1 aromatic rings. The van der Waals surface area contributed by atoms with E-state index in [0.29, 0.717) is 18.1 Å². The van der Waals surface area contributed by atoms with E-state index in [4.69, 9.17) is 21.4 Å². The Morgan fingerprint density at radius 1 is 1.33 bits per heavy atom. The fourth-order valence-electron chi connectivity index (χ4n) is 1.78. The molecule has 2 N–H and O–H groups in total. The minimum atomic E-state index is -1.21. The molecule has 0 saturated carbocycles. The Hall–Kier alpha value is -1.04. The molecule has 0 aromatic heterocycles. The van der Waals surface area contributed by atoms with Gasteiger partial charge < -0.3 is 15.2 Å². The van der Waals surface area contributed by atoms with Crippen molar-refractivity contribution in [1.82, 2.24) is 5.32 Å². The van der Waals surface area contributed by atoms with Gasteiger partial charge in [-0.2, -0.15) is 0 Å². The number of benzene rings is 1. The molecule has 0 bridgehead atoms. The predicted octanol–water partition coefficient (Wildman–Crippen LogP) is 3.83. The number of carbonyl (C=O) groups is 1. The maximum absolute atomic E-state index is 11.8. The van der Waals surface area contributed by atoms with Crippen molar-refractivity contribution in [2.24, 2.45) is 0 Å². The lowest BCUT2D eigenvalue weighted by molar-refractivity contribution is 0.145. The lowest BCUT2D eigenvalue weighted by Gasteiger charge is -2.19. The Balaban J connectivity index is 2.54. The van der Waals surface area contributed by atoms with Gasteiger partial charge in [0.2, 0.25) is 0 Å². The summed E-state index contributed by atoms with van der Waals surface area (Å²) >= 11 is 5.85. The minimum Gasteiger partial charge on any atom is -0.450 e. The topological polar surface area (TPSA) is 58.6 Å². The number of hydrogen-bond acceptors (Lipinski definition) is 3. The summed E-state index contributed by atoms with van der Waals surface area (Å²) in [6, 6.07) is 7.87. The molecule has 0 aliphatic carbocycles. The first-order valence-corrected chi connectivity index (χ1v) is 11.2. The first kappa shape index (κ1) is 18.0. The molecular formula is C15H24ClNO3Si. The second-order valence-electron chi connectivity index (χ2n) is 6.21. The van der Waals surface area contributed by atoms with Crippen LogP contribution in [0.15, 0.2) is 24.3 Å². The van der Waals surface area contributed by atoms with E-state index in [9.17, 15) is 4.79 Å². The molecular weight excluding hydrogens is 306 g/mol. The van der Waals surface area contributed by atoms with Crippen molar-refractivity contribution in [1.29, 1.82) is 0 Å². The van der Waals surface area contributed by atoms with E-state index in [0.717, 1.165) is 11.6 Å². The summed E-state index contributed by atoms with van der Waals surface area (Å²) in [7, 11) is -1.21. The van der Waals surface area contributed by atoms with Crippen LogP contribution in [0.4, 0.5) is 4.79 Å². The van der Waals surface area contributed by atoms with E-state index < -0.39 is 14.2 Å². The van der Waals surface area contributed by atoms with E-state index in [1.165, 1.54) is 0 Å². The van der Waals surface area contributed by atoms with Crippen LogP contribution in [0.5, 0.6) is 0 Å². The van der Waals surface area contributed by atoms with E-state index in [2.05, 4.69) is 25.0 Å². The van der Waals surface area contributed by atoms with Gasteiger partial charge >= 0.3 is 6.09 Å². The normalized spacial score (nSPS) is 12.8. The SMILES string of the molecule is C[Si](C)(C)CCOC(=O)N[C@@H](CCO)c1ccc(Cl)cc1. The van der Waals surface area contributed by atoms with Crippen LogP contribution in [0.1, 0.15) is 18.0 Å². The number of nitrogens with one attached hydrogen (secondary N) is 1. The van der Waals surface area contributed by atoms with Gasteiger partial charge in [-0.1, -0.05) is 43.4 Å². The van der Waals surface area contributed by atoms with Crippen LogP contribution in [0.3, 0.4) is 0 Å². The fourth-order valence-corrected chi connectivity index (χ4v) is 2.62. The third-order valence-corrected chi connectivity index (χ3v) is 5.02. The molecule has 1 atom stereocenters. The molecule has 0 heterocycles. The highest BCUT2D eigenvalue weighted by Crippen LogP contribution is 2.19. The average molecular weight is 330 g/mol. The highest BCUT2D eigenvalue weighted by molar-refractivity contribution is 6.76. The van der Waals surface area contributed by atoms with Gasteiger partial charge in [0.25, 0.3) is 0 Å². The quantitative estimate of drug-likeness (QED) is 0.747. The Kier molecular flexibility index (Phi) is 7.21. The first-order valence-electron chi connectivity index (χ1n) is 7.11. The molecule has 21 heavy (non-hydrogen) atoms. The van der Waals surface area contributed by atoms with Crippen molar-refractivity contribution in [2.45, 2.75) is 38.1 Å². The second-order valence-corrected chi connectivity index (χ2v) is 12.3. The van der Waals surface area contributed by atoms with Crippen LogP contribution in [0.2, 0.25) is 30.7 Å². The fraction of sp³-hybridized carbons (Fsp3) is 0.533. The zero-order valence-corrected chi connectivity index (χ0v) is 14.6. The van der Waals surface area contributed by atoms with Crippen molar-refractivity contribution in [3.8, 4) is 0 Å². The van der Waals surface area contributed by atoms with Crippen molar-refractivity contribution in [3.63, 3.8) is 0 Å². The number of hydrogen-bond donors (Lipinski definition) is 2. The molecule has 1 aromatic carbocycles. The average Bonchev–Trinajstić information content (AvgIpc) is 2.37. The second kappa shape index (κ2) is 8.41. The molecule has 1 amide bonds. The first-order chi connectivity index (χ1) is 9.81. The smallest absolute Gasteiger partial charge is 0.407 e. The summed E-state index contributed by atoms with van der Waals surface area (Å²) in [5.41, 5.74) is 0.899. The molecule has 0 aliphatic heterocycles. The third-order valence-electron chi connectivity index (χ3n) is 3.07. The van der Waals surface area contributed by atoms with Crippen LogP contribution < -0.4 is 5.32 Å². The van der Waals surface area contributed by atoms with Gasteiger partial charge in [0.1, 0.15) is 0 Å². The number of rotatable bonds is 7. The standard InChI is InChI=1S/C15H24ClNO3Si/c1-21(2,3)11-10-20-15(19)17-14(8-9-18)12-4-6-13(16)7-5-12/h4-7,14,18H,8-11H2,1-3H3,(H,17,19)/t14-/m0/s1. The maximum Gasteiger partial charge on any atom is 0.407 e. The summed E-state index contributed by atoms with van der Waals surface area (Å²) in [5.74, 6) is 0. The number of ether oxygens (including phenoxy) is 1. The number of aliphatic hydroxyl groups is 1. The molecule has 0 spiro atoms. The number of amides is 1. The van der Waals surface area contributed by atoms with Gasteiger partial charge in [-0.15, -0.1) is 0 Å². The number of halogens is 1. The van der Waals surface area contributed by atoms with E-state index in [-0.39, 0.29) is 12.6 Å². The molecule has 4 nitrogen and oxygen atoms in total. The number of carbonyl (C=O) groups excluding carboxylic acids is 1. The zero-order valence-electron chi connectivity index (χ0n) is 12.9. The molecule has 0 saturated heterocycles. The highest BCUT2D eigenvalue weighted by atomic mass is 35.5. The van der Waals surface area contributed by atoms with Crippen molar-refractivity contribution >= 4 is 25.8 Å². The molecule has 1 rings (SSSR count). The summed E-state index contributed by atoms with van der Waals surface area (Å²) in [6.45, 7) is 7.13. The third kappa shape index (κ3) is 7.50. The van der Waals surface area contributed by atoms with E-state index in [1.807, 2.05) is 12.1 Å². The summed E-state index contributed by atoms with van der Waals surface area (Å²) < 4.78 is 5.22. The van der Waals surface area contributed by atoms with Crippen molar-refractivity contribution in [3.05, 3.63) is 34.9 Å². The van der Waals surface area contributed by atoms with Gasteiger partial charge in [-0.05, 0) is 30.2 Å².